The molecule has 3 N–H and O–H groups in total. The highest BCUT2D eigenvalue weighted by atomic mass is 16.5. The molecule has 1 heterocycles. The minimum atomic E-state index is -0.430. The lowest BCUT2D eigenvalue weighted by atomic mass is 9.77. The van der Waals surface area contributed by atoms with Gasteiger partial charge in [0.1, 0.15) is 5.75 Å². The molecule has 0 atom stereocenters. The first-order valence-corrected chi connectivity index (χ1v) is 8.31. The van der Waals surface area contributed by atoms with Gasteiger partial charge >= 0.3 is 0 Å². The zero-order valence-electron chi connectivity index (χ0n) is 14.0. The van der Waals surface area contributed by atoms with Gasteiger partial charge in [-0.05, 0) is 55.7 Å². The third-order valence-corrected chi connectivity index (χ3v) is 4.64. The second-order valence-electron chi connectivity index (χ2n) is 6.33. The lowest BCUT2D eigenvalue weighted by Gasteiger charge is -2.34. The van der Waals surface area contributed by atoms with Crippen molar-refractivity contribution in [1.82, 2.24) is 10.1 Å². The quantitative estimate of drug-likeness (QED) is 0.736. The van der Waals surface area contributed by atoms with Gasteiger partial charge < -0.3 is 20.3 Å². The van der Waals surface area contributed by atoms with E-state index in [1.54, 1.807) is 7.11 Å². The van der Waals surface area contributed by atoms with E-state index < -0.39 is 5.54 Å². The van der Waals surface area contributed by atoms with Gasteiger partial charge in [0.25, 0.3) is 5.89 Å². The number of methoxy groups -OCH3 is 1. The van der Waals surface area contributed by atoms with Crippen LogP contribution in [0.5, 0.6) is 5.75 Å². The number of benzene rings is 2. The molecule has 1 aliphatic carbocycles. The maximum Gasteiger partial charge on any atom is 0.260 e. The van der Waals surface area contributed by atoms with Crippen molar-refractivity contribution < 1.29 is 9.26 Å². The number of rotatable bonds is 5. The highest BCUT2D eigenvalue weighted by Crippen LogP contribution is 2.38. The molecule has 0 unspecified atom stereocenters. The molecule has 1 aliphatic rings. The molecule has 1 aromatic heterocycles. The van der Waals surface area contributed by atoms with Gasteiger partial charge in [-0.3, -0.25) is 0 Å². The van der Waals surface area contributed by atoms with Gasteiger partial charge in [-0.25, -0.2) is 0 Å². The van der Waals surface area contributed by atoms with E-state index >= 15 is 0 Å². The maximum absolute atomic E-state index is 6.29. The van der Waals surface area contributed by atoms with Crippen molar-refractivity contribution in [3.8, 4) is 17.2 Å². The number of nitrogens with zero attached hydrogens (tertiary/aromatic N) is 2. The highest BCUT2D eigenvalue weighted by Gasteiger charge is 2.39. The molecular formula is C19H20N4O2. The number of hydrogen-bond acceptors (Lipinski definition) is 6. The normalized spacial score (nSPS) is 15.4. The van der Waals surface area contributed by atoms with Crippen molar-refractivity contribution in [1.29, 1.82) is 0 Å². The van der Waals surface area contributed by atoms with E-state index in [1.165, 1.54) is 0 Å². The zero-order valence-corrected chi connectivity index (χ0v) is 14.0. The van der Waals surface area contributed by atoms with E-state index in [4.69, 9.17) is 15.0 Å². The number of nitrogens with two attached hydrogens (primary N) is 1. The van der Waals surface area contributed by atoms with Crippen LogP contribution >= 0.6 is 0 Å². The first-order valence-electron chi connectivity index (χ1n) is 8.31. The van der Waals surface area contributed by atoms with Crippen LogP contribution in [0.15, 0.2) is 53.1 Å². The molecular weight excluding hydrogens is 316 g/mol. The molecule has 0 radical (unpaired) electrons. The lowest BCUT2D eigenvalue weighted by molar-refractivity contribution is 0.229. The van der Waals surface area contributed by atoms with Crippen molar-refractivity contribution >= 4 is 11.4 Å². The van der Waals surface area contributed by atoms with Crippen LogP contribution in [-0.4, -0.2) is 17.3 Å². The third-order valence-electron chi connectivity index (χ3n) is 4.64. The molecule has 1 saturated carbocycles. The van der Waals surface area contributed by atoms with Crippen molar-refractivity contribution in [2.75, 3.05) is 12.4 Å². The summed E-state index contributed by atoms with van der Waals surface area (Å²) in [4.78, 5) is 4.54. The zero-order chi connectivity index (χ0) is 17.3. The predicted molar refractivity (Wildman–Crippen MR) is 95.7 cm³/mol. The van der Waals surface area contributed by atoms with Crippen LogP contribution in [0.4, 0.5) is 11.4 Å². The van der Waals surface area contributed by atoms with Gasteiger partial charge in [0.05, 0.1) is 23.9 Å². The van der Waals surface area contributed by atoms with Crippen LogP contribution in [-0.2, 0) is 5.54 Å². The van der Waals surface area contributed by atoms with Crippen molar-refractivity contribution in [2.24, 2.45) is 5.73 Å². The minimum Gasteiger partial charge on any atom is -0.497 e. The number of nitrogens with one attached hydrogen (secondary N) is 1. The predicted octanol–water partition coefficient (Wildman–Crippen LogP) is 3.83. The topological polar surface area (TPSA) is 86.2 Å². The Bertz CT molecular complexity index is 869. The summed E-state index contributed by atoms with van der Waals surface area (Å²) < 4.78 is 10.7. The Morgan fingerprint density at radius 3 is 2.56 bits per heavy atom. The summed E-state index contributed by atoms with van der Waals surface area (Å²) in [5, 5.41) is 7.49. The largest absolute Gasteiger partial charge is 0.497 e. The molecule has 3 aromatic rings. The summed E-state index contributed by atoms with van der Waals surface area (Å²) >= 11 is 0. The van der Waals surface area contributed by atoms with Crippen molar-refractivity contribution in [2.45, 2.75) is 24.8 Å². The summed E-state index contributed by atoms with van der Waals surface area (Å²) in [5.74, 6) is 1.88. The van der Waals surface area contributed by atoms with Gasteiger partial charge in [0, 0.05) is 5.69 Å². The van der Waals surface area contributed by atoms with Gasteiger partial charge in [-0.15, -0.1) is 0 Å². The standard InChI is InChI=1S/C19H20N4O2/c1-24-14-9-7-13(8-10-14)21-16-6-3-2-5-15(16)17-22-18(23-25-17)19(20)11-4-12-19/h2-3,5-10,21H,4,11-12,20H2,1H3. The number of hydrogen-bond donors (Lipinski definition) is 2. The van der Waals surface area contributed by atoms with Crippen LogP contribution in [0.25, 0.3) is 11.5 Å². The summed E-state index contributed by atoms with van der Waals surface area (Å²) in [5.41, 5.74) is 8.55. The van der Waals surface area contributed by atoms with Crippen LogP contribution in [0.3, 0.4) is 0 Å². The summed E-state index contributed by atoms with van der Waals surface area (Å²) in [6.45, 7) is 0. The second-order valence-corrected chi connectivity index (χ2v) is 6.33. The molecule has 128 valence electrons. The third kappa shape index (κ3) is 2.96. The maximum atomic E-state index is 6.29. The Morgan fingerprint density at radius 2 is 1.88 bits per heavy atom. The molecule has 6 heteroatoms. The van der Waals surface area contributed by atoms with E-state index in [0.717, 1.165) is 42.0 Å². The molecule has 0 saturated heterocycles. The summed E-state index contributed by atoms with van der Waals surface area (Å²) in [6, 6.07) is 15.6. The number of ether oxygens (including phenoxy) is 1. The van der Waals surface area contributed by atoms with Crippen molar-refractivity contribution in [3.05, 3.63) is 54.4 Å². The molecule has 2 aromatic carbocycles. The molecule has 6 nitrogen and oxygen atoms in total. The summed E-state index contributed by atoms with van der Waals surface area (Å²) in [6.07, 6.45) is 2.91. The Hall–Kier alpha value is -2.86. The van der Waals surface area contributed by atoms with Gasteiger partial charge in [-0.2, -0.15) is 4.98 Å². The van der Waals surface area contributed by atoms with Gasteiger partial charge in [0.2, 0.25) is 0 Å². The number of anilines is 2. The SMILES string of the molecule is COc1ccc(Nc2ccccc2-c2nc(C3(N)CCC3)no2)cc1. The minimum absolute atomic E-state index is 0.430. The Kier molecular flexibility index (Phi) is 3.89. The highest BCUT2D eigenvalue weighted by molar-refractivity contribution is 5.76. The second kappa shape index (κ2) is 6.22. The Labute approximate surface area is 146 Å². The fourth-order valence-corrected chi connectivity index (χ4v) is 2.92. The number of para-hydroxylation sites is 1. The van der Waals surface area contributed by atoms with E-state index in [-0.39, 0.29) is 0 Å². The average molecular weight is 336 g/mol. The monoisotopic (exact) mass is 336 g/mol. The first-order chi connectivity index (χ1) is 12.2. The van der Waals surface area contributed by atoms with E-state index in [1.807, 2.05) is 48.5 Å². The van der Waals surface area contributed by atoms with Crippen LogP contribution < -0.4 is 15.8 Å². The fourth-order valence-electron chi connectivity index (χ4n) is 2.92. The smallest absolute Gasteiger partial charge is 0.260 e. The van der Waals surface area contributed by atoms with E-state index in [9.17, 15) is 0 Å². The fraction of sp³-hybridized carbons (Fsp3) is 0.263. The molecule has 0 spiro atoms. The van der Waals surface area contributed by atoms with Crippen molar-refractivity contribution in [3.63, 3.8) is 0 Å². The van der Waals surface area contributed by atoms with E-state index in [0.29, 0.717) is 11.7 Å². The lowest BCUT2D eigenvalue weighted by Crippen LogP contribution is -2.44. The Balaban J connectivity index is 1.62. The summed E-state index contributed by atoms with van der Waals surface area (Å²) in [7, 11) is 1.65. The average Bonchev–Trinajstić information content (AvgIpc) is 3.11. The Morgan fingerprint density at radius 1 is 1.12 bits per heavy atom. The van der Waals surface area contributed by atoms with Crippen LogP contribution in [0.1, 0.15) is 25.1 Å². The molecule has 1 fully saturated rings. The van der Waals surface area contributed by atoms with Crippen LogP contribution in [0, 0.1) is 0 Å². The first kappa shape index (κ1) is 15.7. The molecule has 0 aliphatic heterocycles. The van der Waals surface area contributed by atoms with Gasteiger partial charge in [0.15, 0.2) is 5.82 Å². The van der Waals surface area contributed by atoms with Crippen LogP contribution in [0.2, 0.25) is 0 Å². The van der Waals surface area contributed by atoms with E-state index in [2.05, 4.69) is 15.5 Å². The molecule has 0 amide bonds. The molecule has 4 rings (SSSR count). The number of aromatic nitrogens is 2. The molecule has 25 heavy (non-hydrogen) atoms. The van der Waals surface area contributed by atoms with Gasteiger partial charge in [-0.1, -0.05) is 17.3 Å². The molecule has 0 bridgehead atoms.